The summed E-state index contributed by atoms with van der Waals surface area (Å²) in [6.45, 7) is 9.45. The zero-order valence-electron chi connectivity index (χ0n) is 17.1. The van der Waals surface area contributed by atoms with Crippen molar-refractivity contribution in [1.82, 2.24) is 20.1 Å². The average molecular weight is 404 g/mol. The van der Waals surface area contributed by atoms with E-state index in [1.54, 1.807) is 12.1 Å². The lowest BCUT2D eigenvalue weighted by molar-refractivity contribution is 0.0319. The lowest BCUT2D eigenvalue weighted by Crippen LogP contribution is -2.41. The Bertz CT molecular complexity index is 790. The van der Waals surface area contributed by atoms with Gasteiger partial charge in [0.25, 0.3) is 5.91 Å². The van der Waals surface area contributed by atoms with Gasteiger partial charge < -0.3 is 14.5 Å². The molecule has 2 heterocycles. The van der Waals surface area contributed by atoms with Gasteiger partial charge in [0.15, 0.2) is 5.69 Å². The SMILES string of the molecule is CC(C)NC(=O)c1coc(CN(CCN2CCOCC2)Cc2ccccc2F)n1. The highest BCUT2D eigenvalue weighted by molar-refractivity contribution is 5.92. The molecule has 29 heavy (non-hydrogen) atoms. The third-order valence-electron chi connectivity index (χ3n) is 4.75. The van der Waals surface area contributed by atoms with Gasteiger partial charge in [-0.05, 0) is 19.9 Å². The first-order valence-electron chi connectivity index (χ1n) is 10.0. The van der Waals surface area contributed by atoms with E-state index in [1.807, 2.05) is 19.9 Å². The summed E-state index contributed by atoms with van der Waals surface area (Å²) in [5.74, 6) is -0.0468. The van der Waals surface area contributed by atoms with Crippen LogP contribution >= 0.6 is 0 Å². The molecule has 0 atom stereocenters. The summed E-state index contributed by atoms with van der Waals surface area (Å²) >= 11 is 0. The van der Waals surface area contributed by atoms with E-state index in [1.165, 1.54) is 12.3 Å². The maximum Gasteiger partial charge on any atom is 0.273 e. The highest BCUT2D eigenvalue weighted by atomic mass is 19.1. The fourth-order valence-corrected chi connectivity index (χ4v) is 3.20. The van der Waals surface area contributed by atoms with Crippen molar-refractivity contribution in [3.8, 4) is 0 Å². The number of nitrogens with zero attached hydrogens (tertiary/aromatic N) is 3. The molecule has 1 aliphatic heterocycles. The normalized spacial score (nSPS) is 15.2. The molecule has 7 nitrogen and oxygen atoms in total. The minimum Gasteiger partial charge on any atom is -0.447 e. The highest BCUT2D eigenvalue weighted by Crippen LogP contribution is 2.14. The van der Waals surface area contributed by atoms with Crippen molar-refractivity contribution < 1.29 is 18.3 Å². The topological polar surface area (TPSA) is 70.8 Å². The molecule has 0 spiro atoms. The first-order valence-corrected chi connectivity index (χ1v) is 10.0. The Morgan fingerprint density at radius 2 is 2.03 bits per heavy atom. The molecule has 0 saturated carbocycles. The summed E-state index contributed by atoms with van der Waals surface area (Å²) in [5, 5.41) is 2.80. The summed E-state index contributed by atoms with van der Waals surface area (Å²) in [6.07, 6.45) is 1.37. The summed E-state index contributed by atoms with van der Waals surface area (Å²) < 4.78 is 25.1. The Morgan fingerprint density at radius 1 is 1.28 bits per heavy atom. The fourth-order valence-electron chi connectivity index (χ4n) is 3.20. The summed E-state index contributed by atoms with van der Waals surface area (Å²) in [4.78, 5) is 20.8. The first-order chi connectivity index (χ1) is 14.0. The third-order valence-corrected chi connectivity index (χ3v) is 4.75. The summed E-state index contributed by atoms with van der Waals surface area (Å²) in [7, 11) is 0. The molecule has 0 radical (unpaired) electrons. The number of morpholine rings is 1. The lowest BCUT2D eigenvalue weighted by Gasteiger charge is -2.29. The van der Waals surface area contributed by atoms with Crippen LogP contribution in [0.15, 0.2) is 34.9 Å². The molecule has 8 heteroatoms. The number of carbonyl (C=O) groups excluding carboxylic acids is 1. The van der Waals surface area contributed by atoms with Crippen LogP contribution in [0.1, 0.15) is 35.8 Å². The predicted molar refractivity (Wildman–Crippen MR) is 107 cm³/mol. The van der Waals surface area contributed by atoms with E-state index >= 15 is 0 Å². The number of aromatic nitrogens is 1. The number of ether oxygens (including phenoxy) is 1. The van der Waals surface area contributed by atoms with Gasteiger partial charge in [0.1, 0.15) is 12.1 Å². The van der Waals surface area contributed by atoms with Crippen LogP contribution in [0.3, 0.4) is 0 Å². The van der Waals surface area contributed by atoms with Gasteiger partial charge in [0.05, 0.1) is 19.8 Å². The van der Waals surface area contributed by atoms with Gasteiger partial charge in [0.2, 0.25) is 5.89 Å². The smallest absolute Gasteiger partial charge is 0.273 e. The molecule has 0 aliphatic carbocycles. The molecule has 158 valence electrons. The van der Waals surface area contributed by atoms with Crippen molar-refractivity contribution in [3.63, 3.8) is 0 Å². The van der Waals surface area contributed by atoms with E-state index in [0.717, 1.165) is 39.4 Å². The number of oxazole rings is 1. The van der Waals surface area contributed by atoms with Crippen LogP contribution in [-0.2, 0) is 17.8 Å². The van der Waals surface area contributed by atoms with Crippen molar-refractivity contribution in [3.05, 3.63) is 53.5 Å². The van der Waals surface area contributed by atoms with Gasteiger partial charge in [-0.2, -0.15) is 0 Å². The minimum atomic E-state index is -0.260. The molecular formula is C21H29FN4O3. The Kier molecular flexibility index (Phi) is 7.74. The van der Waals surface area contributed by atoms with E-state index in [2.05, 4.69) is 20.1 Å². The Labute approximate surface area is 170 Å². The molecular weight excluding hydrogens is 375 g/mol. The number of benzene rings is 1. The second-order valence-corrected chi connectivity index (χ2v) is 7.51. The Morgan fingerprint density at radius 3 is 2.76 bits per heavy atom. The van der Waals surface area contributed by atoms with Crippen molar-refractivity contribution >= 4 is 5.91 Å². The summed E-state index contributed by atoms with van der Waals surface area (Å²) in [5.41, 5.74) is 0.881. The van der Waals surface area contributed by atoms with E-state index < -0.39 is 0 Å². The quantitative estimate of drug-likeness (QED) is 0.692. The van der Waals surface area contributed by atoms with Crippen LogP contribution in [0.4, 0.5) is 4.39 Å². The van der Waals surface area contributed by atoms with Gasteiger partial charge in [0, 0.05) is 44.3 Å². The van der Waals surface area contributed by atoms with Gasteiger partial charge >= 0.3 is 0 Å². The van der Waals surface area contributed by atoms with Crippen LogP contribution in [0.5, 0.6) is 0 Å². The fraction of sp³-hybridized carbons (Fsp3) is 0.524. The van der Waals surface area contributed by atoms with Crippen LogP contribution in [-0.4, -0.2) is 66.1 Å². The maximum absolute atomic E-state index is 14.2. The number of carbonyl (C=O) groups is 1. The average Bonchev–Trinajstić information content (AvgIpc) is 3.17. The molecule has 1 amide bonds. The molecule has 0 bridgehead atoms. The number of rotatable bonds is 9. The Hall–Kier alpha value is -2.29. The van der Waals surface area contributed by atoms with Crippen LogP contribution in [0.2, 0.25) is 0 Å². The number of hydrogen-bond acceptors (Lipinski definition) is 6. The number of hydrogen-bond donors (Lipinski definition) is 1. The van der Waals surface area contributed by atoms with Crippen molar-refractivity contribution in [2.45, 2.75) is 33.0 Å². The van der Waals surface area contributed by atoms with Gasteiger partial charge in [-0.3, -0.25) is 14.6 Å². The predicted octanol–water partition coefficient (Wildman–Crippen LogP) is 2.29. The molecule has 1 aromatic carbocycles. The molecule has 1 aliphatic rings. The van der Waals surface area contributed by atoms with E-state index in [0.29, 0.717) is 24.5 Å². The van der Waals surface area contributed by atoms with Gasteiger partial charge in [-0.15, -0.1) is 0 Å². The molecule has 1 N–H and O–H groups in total. The number of nitrogens with one attached hydrogen (secondary N) is 1. The number of amides is 1. The summed E-state index contributed by atoms with van der Waals surface area (Å²) in [6, 6.07) is 6.79. The van der Waals surface area contributed by atoms with E-state index in [4.69, 9.17) is 9.15 Å². The highest BCUT2D eigenvalue weighted by Gasteiger charge is 2.18. The van der Waals surface area contributed by atoms with E-state index in [-0.39, 0.29) is 23.5 Å². The van der Waals surface area contributed by atoms with Crippen LogP contribution < -0.4 is 5.32 Å². The standard InChI is InChI=1S/C21H29FN4O3/c1-16(2)23-21(27)19-15-29-20(24-19)14-26(8-7-25-9-11-28-12-10-25)13-17-5-3-4-6-18(17)22/h3-6,15-16H,7-14H2,1-2H3,(H,23,27). The van der Waals surface area contributed by atoms with Crippen molar-refractivity contribution in [2.75, 3.05) is 39.4 Å². The van der Waals surface area contributed by atoms with Crippen LogP contribution in [0, 0.1) is 5.82 Å². The monoisotopic (exact) mass is 404 g/mol. The molecule has 1 saturated heterocycles. The van der Waals surface area contributed by atoms with Crippen molar-refractivity contribution in [1.29, 1.82) is 0 Å². The van der Waals surface area contributed by atoms with E-state index in [9.17, 15) is 9.18 Å². The second-order valence-electron chi connectivity index (χ2n) is 7.51. The number of halogens is 1. The zero-order chi connectivity index (χ0) is 20.6. The molecule has 0 unspecified atom stereocenters. The Balaban J connectivity index is 1.66. The zero-order valence-corrected chi connectivity index (χ0v) is 17.1. The molecule has 1 aromatic heterocycles. The molecule has 1 fully saturated rings. The first kappa shape index (κ1) is 21.4. The van der Waals surface area contributed by atoms with Crippen LogP contribution in [0.25, 0.3) is 0 Å². The third kappa shape index (κ3) is 6.62. The maximum atomic E-state index is 14.2. The minimum absolute atomic E-state index is 0.0220. The largest absolute Gasteiger partial charge is 0.447 e. The second kappa shape index (κ2) is 10.5. The molecule has 2 aromatic rings. The lowest BCUT2D eigenvalue weighted by atomic mass is 10.2. The van der Waals surface area contributed by atoms with Gasteiger partial charge in [-0.25, -0.2) is 9.37 Å². The van der Waals surface area contributed by atoms with Crippen molar-refractivity contribution in [2.24, 2.45) is 0 Å². The van der Waals surface area contributed by atoms with Gasteiger partial charge in [-0.1, -0.05) is 18.2 Å². The molecule has 3 rings (SSSR count).